The number of nitrogens with zero attached hydrogens (tertiary/aromatic N) is 3. The lowest BCUT2D eigenvalue weighted by Gasteiger charge is -2.27. The molecule has 1 fully saturated rings. The van der Waals surface area contributed by atoms with Crippen molar-refractivity contribution >= 4 is 52.1 Å². The van der Waals surface area contributed by atoms with E-state index in [0.29, 0.717) is 70.7 Å². The number of hydrogen-bond acceptors (Lipinski definition) is 14. The van der Waals surface area contributed by atoms with Crippen molar-refractivity contribution in [1.29, 1.82) is 0 Å². The number of primary amides is 1. The van der Waals surface area contributed by atoms with Gasteiger partial charge in [0.15, 0.2) is 5.43 Å². The minimum Gasteiger partial charge on any atom is -0.493 e. The summed E-state index contributed by atoms with van der Waals surface area (Å²) in [6, 6.07) is 18.5. The van der Waals surface area contributed by atoms with Crippen LogP contribution < -0.4 is 30.7 Å². The smallest absolute Gasteiger partial charge is 0.266 e. The van der Waals surface area contributed by atoms with E-state index in [9.17, 15) is 28.8 Å². The van der Waals surface area contributed by atoms with Crippen LogP contribution in [0.3, 0.4) is 0 Å². The van der Waals surface area contributed by atoms with Gasteiger partial charge < -0.3 is 43.1 Å². The number of fused-ring (bicyclic) bond motifs is 2. The fraction of sp³-hybridized carbons (Fsp3) is 0.271. The summed E-state index contributed by atoms with van der Waals surface area (Å²) in [7, 11) is 0. The van der Waals surface area contributed by atoms with Gasteiger partial charge in [-0.15, -0.1) is 0 Å². The molecule has 8 rings (SSSR count). The molecular formula is C48H44ClN5O13. The van der Waals surface area contributed by atoms with Crippen LogP contribution in [0, 0.1) is 0 Å². The highest BCUT2D eigenvalue weighted by molar-refractivity contribution is 6.33. The Morgan fingerprint density at radius 3 is 2.24 bits per heavy atom. The van der Waals surface area contributed by atoms with Crippen LogP contribution in [0.5, 0.6) is 17.2 Å². The molecule has 6 aromatic rings. The Hall–Kier alpha value is -7.38. The molecule has 0 aliphatic carbocycles. The highest BCUT2D eigenvalue weighted by Crippen LogP contribution is 2.38. The number of nitrogens with one attached hydrogen (secondary N) is 1. The number of ether oxygens (including phenoxy) is 6. The number of imidazole rings is 1. The predicted molar refractivity (Wildman–Crippen MR) is 242 cm³/mol. The summed E-state index contributed by atoms with van der Waals surface area (Å²) >= 11 is 6.68. The lowest BCUT2D eigenvalue weighted by molar-refractivity contribution is -0.136. The first-order valence-corrected chi connectivity index (χ1v) is 21.7. The summed E-state index contributed by atoms with van der Waals surface area (Å²) in [5, 5.41) is 2.77. The molecule has 346 valence electrons. The zero-order valence-corrected chi connectivity index (χ0v) is 36.9. The first kappa shape index (κ1) is 46.2. The van der Waals surface area contributed by atoms with E-state index in [1.807, 2.05) is 13.0 Å². The molecule has 2 aliphatic rings. The monoisotopic (exact) mass is 933 g/mol. The second-order valence-electron chi connectivity index (χ2n) is 15.2. The van der Waals surface area contributed by atoms with E-state index >= 15 is 0 Å². The summed E-state index contributed by atoms with van der Waals surface area (Å²) in [5.41, 5.74) is 8.43. The third kappa shape index (κ3) is 10.4. The summed E-state index contributed by atoms with van der Waals surface area (Å²) in [5.74, 6) is -1.63. The zero-order valence-electron chi connectivity index (χ0n) is 36.1. The molecule has 0 bridgehead atoms. The van der Waals surface area contributed by atoms with Gasteiger partial charge >= 0.3 is 0 Å². The molecule has 1 unspecified atom stereocenters. The number of hydrogen-bond donors (Lipinski definition) is 2. The average Bonchev–Trinajstić information content (AvgIpc) is 3.94. The standard InChI is InChI=1S/C48H44ClN5O13/c1-2-64-40-26-42-35(24-34(40)28-20-29(45(50)57)22-30(21-28)53-11-10-51-27-53)38(55)25-41(67-42)32-7-6-31(23-36(32)49)65-18-16-62-14-12-61-13-15-63-17-19-66-39-5-3-4-33-44(39)48(60)54(47(33)59)37-8-9-43(56)52-46(37)58/h3-7,10-11,20-27,37H,2,8-9,12-19H2,1H3,(H2,50,57)(H,52,56,58). The second-order valence-corrected chi connectivity index (χ2v) is 15.6. The number of aromatic nitrogens is 2. The lowest BCUT2D eigenvalue weighted by Crippen LogP contribution is -2.54. The predicted octanol–water partition coefficient (Wildman–Crippen LogP) is 5.37. The highest BCUT2D eigenvalue weighted by Gasteiger charge is 2.46. The van der Waals surface area contributed by atoms with E-state index in [4.69, 9.17) is 50.2 Å². The first-order chi connectivity index (χ1) is 32.5. The molecule has 4 heterocycles. The van der Waals surface area contributed by atoms with Crippen LogP contribution in [-0.2, 0) is 23.8 Å². The largest absolute Gasteiger partial charge is 0.493 e. The Bertz CT molecular complexity index is 2920. The molecule has 2 aromatic heterocycles. The Labute approximate surface area is 387 Å². The van der Waals surface area contributed by atoms with Crippen molar-refractivity contribution < 1.29 is 56.8 Å². The van der Waals surface area contributed by atoms with Crippen LogP contribution in [0.15, 0.2) is 101 Å². The van der Waals surface area contributed by atoms with E-state index in [1.165, 1.54) is 12.1 Å². The summed E-state index contributed by atoms with van der Waals surface area (Å²) < 4.78 is 42.3. The molecule has 18 nitrogen and oxygen atoms in total. The quantitative estimate of drug-likeness (QED) is 0.0683. The van der Waals surface area contributed by atoms with Crippen molar-refractivity contribution in [2.24, 2.45) is 5.73 Å². The fourth-order valence-electron chi connectivity index (χ4n) is 7.65. The molecule has 0 radical (unpaired) electrons. The number of piperidine rings is 1. The normalized spacial score (nSPS) is 14.7. The molecule has 1 saturated heterocycles. The average molecular weight is 934 g/mol. The molecule has 67 heavy (non-hydrogen) atoms. The number of benzene rings is 4. The molecular weight excluding hydrogens is 890 g/mol. The number of rotatable bonds is 21. The Morgan fingerprint density at radius 1 is 0.806 bits per heavy atom. The summed E-state index contributed by atoms with van der Waals surface area (Å²) in [4.78, 5) is 81.0. The van der Waals surface area contributed by atoms with Gasteiger partial charge in [0.1, 0.15) is 47.8 Å². The van der Waals surface area contributed by atoms with Crippen molar-refractivity contribution in [2.75, 3.05) is 59.5 Å². The van der Waals surface area contributed by atoms with Crippen LogP contribution in [0.4, 0.5) is 0 Å². The van der Waals surface area contributed by atoms with Crippen LogP contribution >= 0.6 is 11.6 Å². The van der Waals surface area contributed by atoms with Gasteiger partial charge in [-0.3, -0.25) is 39.0 Å². The molecule has 4 aromatic carbocycles. The van der Waals surface area contributed by atoms with E-state index in [2.05, 4.69) is 10.3 Å². The minimum absolute atomic E-state index is 0.0298. The highest BCUT2D eigenvalue weighted by atomic mass is 35.5. The number of nitrogens with two attached hydrogens (primary N) is 1. The summed E-state index contributed by atoms with van der Waals surface area (Å²) in [6.07, 6.45) is 5.06. The van der Waals surface area contributed by atoms with Gasteiger partial charge in [0.2, 0.25) is 17.7 Å². The maximum Gasteiger partial charge on any atom is 0.266 e. The van der Waals surface area contributed by atoms with Gasteiger partial charge in [0.05, 0.1) is 74.1 Å². The van der Waals surface area contributed by atoms with Crippen LogP contribution in [0.2, 0.25) is 5.02 Å². The molecule has 5 amide bonds. The van der Waals surface area contributed by atoms with E-state index in [0.717, 1.165) is 4.90 Å². The first-order valence-electron chi connectivity index (χ1n) is 21.3. The lowest BCUT2D eigenvalue weighted by atomic mass is 9.98. The van der Waals surface area contributed by atoms with Crippen molar-refractivity contribution in [2.45, 2.75) is 25.8 Å². The van der Waals surface area contributed by atoms with E-state index < -0.39 is 35.6 Å². The zero-order chi connectivity index (χ0) is 47.0. The van der Waals surface area contributed by atoms with E-state index in [1.54, 1.807) is 77.9 Å². The third-order valence-corrected chi connectivity index (χ3v) is 11.1. The van der Waals surface area contributed by atoms with Crippen LogP contribution in [-0.4, -0.2) is 109 Å². The van der Waals surface area contributed by atoms with Crippen molar-refractivity contribution in [3.05, 3.63) is 123 Å². The maximum atomic E-state index is 13.6. The number of halogens is 1. The van der Waals surface area contributed by atoms with Gasteiger partial charge in [0.25, 0.3) is 11.8 Å². The van der Waals surface area contributed by atoms with Crippen LogP contribution in [0.1, 0.15) is 50.8 Å². The Kier molecular flexibility index (Phi) is 14.4. The molecule has 0 saturated carbocycles. The Morgan fingerprint density at radius 2 is 1.55 bits per heavy atom. The fourth-order valence-corrected chi connectivity index (χ4v) is 7.91. The molecule has 19 heteroatoms. The molecule has 0 spiro atoms. The van der Waals surface area contributed by atoms with Gasteiger partial charge in [-0.1, -0.05) is 17.7 Å². The minimum atomic E-state index is -1.07. The van der Waals surface area contributed by atoms with E-state index in [-0.39, 0.29) is 85.1 Å². The number of carbonyl (C=O) groups is 5. The van der Waals surface area contributed by atoms with Gasteiger partial charge in [-0.2, -0.15) is 0 Å². The second kappa shape index (κ2) is 20.8. The van der Waals surface area contributed by atoms with Gasteiger partial charge in [0, 0.05) is 53.3 Å². The van der Waals surface area contributed by atoms with Crippen LogP contribution in [0.25, 0.3) is 39.1 Å². The number of amides is 5. The molecule has 2 aliphatic heterocycles. The molecule has 1 atom stereocenters. The number of imide groups is 2. The van der Waals surface area contributed by atoms with Crippen molar-refractivity contribution in [1.82, 2.24) is 19.8 Å². The Balaban J connectivity index is 0.765. The number of carbonyl (C=O) groups excluding carboxylic acids is 5. The van der Waals surface area contributed by atoms with Gasteiger partial charge in [-0.05, 0) is 73.5 Å². The molecule has 3 N–H and O–H groups in total. The SMILES string of the molecule is CCOc1cc2oc(-c3ccc(OCCOCCOCCOCCOc4cccc5c4C(=O)N(C4CCC(=O)NC4=O)C5=O)cc3Cl)cc(=O)c2cc1-c1cc(C(N)=O)cc(-n2ccnc2)c1. The third-order valence-electron chi connectivity index (χ3n) is 10.8. The maximum absolute atomic E-state index is 13.6. The topological polar surface area (TPSA) is 230 Å². The summed E-state index contributed by atoms with van der Waals surface area (Å²) in [6.45, 7) is 4.15. The van der Waals surface area contributed by atoms with Crippen molar-refractivity contribution in [3.8, 4) is 45.4 Å². The van der Waals surface area contributed by atoms with Crippen molar-refractivity contribution in [3.63, 3.8) is 0 Å². The van der Waals surface area contributed by atoms with Gasteiger partial charge in [-0.25, -0.2) is 4.98 Å².